The van der Waals surface area contributed by atoms with Gasteiger partial charge in [-0.3, -0.25) is 9.50 Å². The highest BCUT2D eigenvalue weighted by Gasteiger charge is 2.18. The van der Waals surface area contributed by atoms with E-state index in [9.17, 15) is 5.26 Å². The summed E-state index contributed by atoms with van der Waals surface area (Å²) in [6.07, 6.45) is 0. The lowest BCUT2D eigenvalue weighted by molar-refractivity contribution is 1.05. The van der Waals surface area contributed by atoms with E-state index >= 15 is 0 Å². The first-order chi connectivity index (χ1) is 11.8. The first-order valence-corrected chi connectivity index (χ1v) is 7.72. The molecular formula is C18H11N5S. The van der Waals surface area contributed by atoms with Gasteiger partial charge in [-0.15, -0.1) is 0 Å². The van der Waals surface area contributed by atoms with Crippen molar-refractivity contribution in [2.24, 2.45) is 0 Å². The highest BCUT2D eigenvalue weighted by molar-refractivity contribution is 7.71. The minimum absolute atomic E-state index is 0.397. The number of fused-ring (bicyclic) bond motifs is 1. The molecule has 0 bridgehead atoms. The van der Waals surface area contributed by atoms with Crippen LogP contribution < -0.4 is 0 Å². The Balaban J connectivity index is 2.15. The number of hydrogen-bond acceptors (Lipinski definition) is 4. The van der Waals surface area contributed by atoms with Crippen molar-refractivity contribution in [1.29, 1.82) is 5.26 Å². The van der Waals surface area contributed by atoms with Crippen molar-refractivity contribution in [1.82, 2.24) is 19.6 Å². The molecule has 24 heavy (non-hydrogen) atoms. The van der Waals surface area contributed by atoms with E-state index in [0.717, 1.165) is 11.1 Å². The van der Waals surface area contributed by atoms with E-state index in [1.807, 2.05) is 60.7 Å². The number of benzene rings is 2. The van der Waals surface area contributed by atoms with Crippen molar-refractivity contribution in [2.45, 2.75) is 0 Å². The third kappa shape index (κ3) is 2.19. The molecule has 5 nitrogen and oxygen atoms in total. The molecule has 0 unspecified atom stereocenters. The zero-order valence-corrected chi connectivity index (χ0v) is 13.3. The second-order valence-electron chi connectivity index (χ2n) is 5.19. The van der Waals surface area contributed by atoms with Crippen molar-refractivity contribution in [3.8, 4) is 28.7 Å². The largest absolute Gasteiger partial charge is 0.251 e. The van der Waals surface area contributed by atoms with E-state index < -0.39 is 0 Å². The summed E-state index contributed by atoms with van der Waals surface area (Å²) in [5.74, 6) is 0.655. The lowest BCUT2D eigenvalue weighted by Gasteiger charge is -2.10. The van der Waals surface area contributed by atoms with Gasteiger partial charge in [-0.05, 0) is 12.2 Å². The molecule has 2 heterocycles. The Bertz CT molecular complexity index is 1120. The quantitative estimate of drug-likeness (QED) is 0.565. The van der Waals surface area contributed by atoms with Crippen molar-refractivity contribution in [3.63, 3.8) is 0 Å². The first-order valence-electron chi connectivity index (χ1n) is 7.31. The smallest absolute Gasteiger partial charge is 0.201 e. The van der Waals surface area contributed by atoms with Crippen LogP contribution in [0.3, 0.4) is 0 Å². The lowest BCUT2D eigenvalue weighted by atomic mass is 10.1. The van der Waals surface area contributed by atoms with Gasteiger partial charge in [0.1, 0.15) is 17.5 Å². The van der Waals surface area contributed by atoms with E-state index in [0.29, 0.717) is 27.5 Å². The van der Waals surface area contributed by atoms with Crippen LogP contribution in [0.1, 0.15) is 5.56 Å². The molecule has 0 radical (unpaired) electrons. The second-order valence-corrected chi connectivity index (χ2v) is 5.58. The van der Waals surface area contributed by atoms with Crippen molar-refractivity contribution >= 4 is 17.9 Å². The fourth-order valence-corrected chi connectivity index (χ4v) is 2.89. The molecule has 1 N–H and O–H groups in total. The number of H-pyrrole nitrogens is 1. The molecule has 0 saturated carbocycles. The molecule has 0 aliphatic carbocycles. The lowest BCUT2D eigenvalue weighted by Crippen LogP contribution is -2.02. The van der Waals surface area contributed by atoms with Crippen molar-refractivity contribution in [3.05, 3.63) is 71.0 Å². The Morgan fingerprint density at radius 1 is 0.958 bits per heavy atom. The van der Waals surface area contributed by atoms with Gasteiger partial charge in [0.15, 0.2) is 5.65 Å². The van der Waals surface area contributed by atoms with Crippen LogP contribution in [0, 0.1) is 16.1 Å². The van der Waals surface area contributed by atoms with Crippen LogP contribution >= 0.6 is 12.2 Å². The highest BCUT2D eigenvalue weighted by atomic mass is 32.1. The zero-order chi connectivity index (χ0) is 16.5. The summed E-state index contributed by atoms with van der Waals surface area (Å²) in [7, 11) is 0. The van der Waals surface area contributed by atoms with Crippen LogP contribution in [0.5, 0.6) is 0 Å². The summed E-state index contributed by atoms with van der Waals surface area (Å²) < 4.78 is 2.11. The molecule has 4 aromatic rings. The van der Waals surface area contributed by atoms with Crippen LogP contribution in [-0.4, -0.2) is 19.6 Å². The average molecular weight is 329 g/mol. The highest BCUT2D eigenvalue weighted by Crippen LogP contribution is 2.28. The predicted octanol–water partition coefficient (Wildman–Crippen LogP) is 3.99. The van der Waals surface area contributed by atoms with Crippen LogP contribution in [-0.2, 0) is 0 Å². The molecule has 0 saturated heterocycles. The molecular weight excluding hydrogens is 318 g/mol. The van der Waals surface area contributed by atoms with Gasteiger partial charge in [0.2, 0.25) is 4.77 Å². The average Bonchev–Trinajstić information content (AvgIpc) is 3.04. The van der Waals surface area contributed by atoms with Gasteiger partial charge in [0.25, 0.3) is 0 Å². The zero-order valence-electron chi connectivity index (χ0n) is 12.5. The van der Waals surface area contributed by atoms with Gasteiger partial charge in [-0.25, -0.2) is 4.98 Å². The number of aromatic nitrogens is 4. The fraction of sp³-hybridized carbons (Fsp3) is 0. The number of nitrogens with zero attached hydrogens (tertiary/aromatic N) is 4. The second kappa shape index (κ2) is 5.72. The molecule has 0 atom stereocenters. The molecule has 4 rings (SSSR count). The minimum atomic E-state index is 0.397. The van der Waals surface area contributed by atoms with E-state index in [2.05, 4.69) is 16.3 Å². The monoisotopic (exact) mass is 329 g/mol. The Kier molecular flexibility index (Phi) is 3.41. The van der Waals surface area contributed by atoms with Gasteiger partial charge in [0, 0.05) is 11.1 Å². The maximum atomic E-state index is 9.66. The van der Waals surface area contributed by atoms with Crippen LogP contribution in [0.15, 0.2) is 60.7 Å². The van der Waals surface area contributed by atoms with Gasteiger partial charge in [0.05, 0.1) is 5.69 Å². The minimum Gasteiger partial charge on any atom is -0.251 e. The molecule has 0 aliphatic rings. The standard InChI is InChI=1S/C18H11N5S/c19-11-14-15(12-7-3-1-4-8-12)20-16(13-9-5-2-6-10-13)23-17(14)21-22-18(23)24/h1-10H,(H,22,24). The van der Waals surface area contributed by atoms with Crippen molar-refractivity contribution < 1.29 is 0 Å². The van der Waals surface area contributed by atoms with Gasteiger partial charge in [-0.2, -0.15) is 10.4 Å². The summed E-state index contributed by atoms with van der Waals surface area (Å²) in [5, 5.41) is 16.7. The van der Waals surface area contributed by atoms with E-state index in [1.165, 1.54) is 0 Å². The summed E-state index contributed by atoms with van der Waals surface area (Å²) >= 11 is 5.34. The number of hydrogen-bond donors (Lipinski definition) is 1. The summed E-state index contributed by atoms with van der Waals surface area (Å²) in [4.78, 5) is 4.76. The van der Waals surface area contributed by atoms with Gasteiger partial charge in [-0.1, -0.05) is 60.7 Å². The van der Waals surface area contributed by atoms with Crippen molar-refractivity contribution in [2.75, 3.05) is 0 Å². The molecule has 0 aliphatic heterocycles. The summed E-state index contributed by atoms with van der Waals surface area (Å²) in [5.41, 5.74) is 3.24. The molecule has 114 valence electrons. The molecule has 0 amide bonds. The third-order valence-corrected chi connectivity index (χ3v) is 4.03. The number of aromatic amines is 1. The SMILES string of the molecule is N#Cc1c(-c2ccccc2)nc(-c2ccccc2)n2c(=S)[nH]nc12. The molecule has 0 spiro atoms. The predicted molar refractivity (Wildman–Crippen MR) is 93.8 cm³/mol. The number of nitriles is 1. The normalized spacial score (nSPS) is 10.6. The Morgan fingerprint density at radius 2 is 1.58 bits per heavy atom. The summed E-state index contributed by atoms with van der Waals surface area (Å²) in [6, 6.07) is 21.6. The topological polar surface area (TPSA) is 69.8 Å². The maximum absolute atomic E-state index is 9.66. The van der Waals surface area contributed by atoms with Crippen LogP contribution in [0.25, 0.3) is 28.3 Å². The molecule has 2 aromatic heterocycles. The first kappa shape index (κ1) is 14.3. The fourth-order valence-electron chi connectivity index (χ4n) is 2.67. The molecule has 0 fully saturated rings. The van der Waals surface area contributed by atoms with E-state index in [-0.39, 0.29) is 0 Å². The van der Waals surface area contributed by atoms with Gasteiger partial charge >= 0.3 is 0 Å². The molecule has 2 aromatic carbocycles. The Hall–Kier alpha value is -3.30. The Labute approximate surface area is 142 Å². The third-order valence-electron chi connectivity index (χ3n) is 3.75. The maximum Gasteiger partial charge on any atom is 0.201 e. The Morgan fingerprint density at radius 3 is 2.21 bits per heavy atom. The molecule has 6 heteroatoms. The van der Waals surface area contributed by atoms with E-state index in [1.54, 1.807) is 4.40 Å². The van der Waals surface area contributed by atoms with Crippen LogP contribution in [0.4, 0.5) is 0 Å². The van der Waals surface area contributed by atoms with Crippen LogP contribution in [0.2, 0.25) is 0 Å². The number of rotatable bonds is 2. The van der Waals surface area contributed by atoms with E-state index in [4.69, 9.17) is 17.2 Å². The van der Waals surface area contributed by atoms with Gasteiger partial charge < -0.3 is 0 Å². The summed E-state index contributed by atoms with van der Waals surface area (Å²) in [6.45, 7) is 0. The number of nitrogens with one attached hydrogen (secondary N) is 1.